The van der Waals surface area contributed by atoms with Gasteiger partial charge in [-0.3, -0.25) is 9.36 Å². The van der Waals surface area contributed by atoms with Gasteiger partial charge in [-0.15, -0.1) is 10.2 Å². The summed E-state index contributed by atoms with van der Waals surface area (Å²) in [5.74, 6) is 1.28. The number of hydrogen-bond acceptors (Lipinski definition) is 7. The zero-order chi connectivity index (χ0) is 18.9. The van der Waals surface area contributed by atoms with Gasteiger partial charge >= 0.3 is 0 Å². The van der Waals surface area contributed by atoms with Gasteiger partial charge in [0, 0.05) is 37.2 Å². The third-order valence-corrected chi connectivity index (χ3v) is 5.93. The molecule has 5 rings (SSSR count). The number of aromatic nitrogens is 3. The highest BCUT2D eigenvalue weighted by atomic mass is 32.1. The van der Waals surface area contributed by atoms with Crippen LogP contribution in [-0.4, -0.2) is 40.6 Å². The molecule has 0 radical (unpaired) electrons. The van der Waals surface area contributed by atoms with Crippen LogP contribution in [0.1, 0.15) is 12.8 Å². The molecule has 1 N–H and O–H groups in total. The number of carbonyl (C=O) groups is 1. The van der Waals surface area contributed by atoms with Crippen molar-refractivity contribution in [3.8, 4) is 16.6 Å². The van der Waals surface area contributed by atoms with Crippen molar-refractivity contribution in [1.29, 1.82) is 0 Å². The zero-order valence-electron chi connectivity index (χ0n) is 15.1. The molecule has 1 aromatic carbocycles. The van der Waals surface area contributed by atoms with Gasteiger partial charge in [0.05, 0.1) is 5.92 Å². The molecule has 1 amide bonds. The molecule has 0 spiro atoms. The molecule has 1 atom stereocenters. The summed E-state index contributed by atoms with van der Waals surface area (Å²) in [5.41, 5.74) is 0.720. The molecular formula is C19H19N5O3S. The number of hydrogen-bond donors (Lipinski definition) is 1. The van der Waals surface area contributed by atoms with E-state index in [1.54, 1.807) is 6.07 Å². The van der Waals surface area contributed by atoms with Crippen LogP contribution in [0.3, 0.4) is 0 Å². The van der Waals surface area contributed by atoms with Crippen LogP contribution in [0.2, 0.25) is 0 Å². The number of nitrogens with one attached hydrogen (secondary N) is 1. The Morgan fingerprint density at radius 3 is 2.86 bits per heavy atom. The number of anilines is 2. The number of fused-ring (bicyclic) bond motifs is 1. The first kappa shape index (κ1) is 17.1. The molecule has 1 saturated heterocycles. The number of rotatable bonds is 4. The molecule has 2 aliphatic heterocycles. The van der Waals surface area contributed by atoms with Gasteiger partial charge in [-0.05, 0) is 37.1 Å². The van der Waals surface area contributed by atoms with E-state index < -0.39 is 0 Å². The summed E-state index contributed by atoms with van der Waals surface area (Å²) in [6, 6.07) is 9.36. The second-order valence-corrected chi connectivity index (χ2v) is 7.73. The lowest BCUT2D eigenvalue weighted by molar-refractivity contribution is -0.120. The number of carbonyl (C=O) groups excluding carboxylic acids is 1. The van der Waals surface area contributed by atoms with Crippen LogP contribution in [0.15, 0.2) is 42.7 Å². The van der Waals surface area contributed by atoms with Crippen LogP contribution in [0, 0.1) is 5.92 Å². The lowest BCUT2D eigenvalue weighted by atomic mass is 9.97. The Hall–Kier alpha value is -3.07. The van der Waals surface area contributed by atoms with E-state index in [2.05, 4.69) is 20.4 Å². The van der Waals surface area contributed by atoms with Crippen molar-refractivity contribution in [2.24, 2.45) is 5.92 Å². The smallest absolute Gasteiger partial charge is 0.231 e. The molecule has 2 aromatic heterocycles. The summed E-state index contributed by atoms with van der Waals surface area (Å²) in [7, 11) is 0. The van der Waals surface area contributed by atoms with Crippen LogP contribution in [-0.2, 0) is 4.79 Å². The summed E-state index contributed by atoms with van der Waals surface area (Å²) in [5, 5.41) is 13.3. The van der Waals surface area contributed by atoms with Gasteiger partial charge in [0.15, 0.2) is 11.5 Å². The predicted octanol–water partition coefficient (Wildman–Crippen LogP) is 2.91. The fourth-order valence-electron chi connectivity index (χ4n) is 3.49. The summed E-state index contributed by atoms with van der Waals surface area (Å²) in [6.07, 6.45) is 5.69. The third kappa shape index (κ3) is 3.29. The predicted molar refractivity (Wildman–Crippen MR) is 105 cm³/mol. The van der Waals surface area contributed by atoms with Crippen molar-refractivity contribution >= 4 is 28.1 Å². The largest absolute Gasteiger partial charge is 0.454 e. The lowest BCUT2D eigenvalue weighted by Gasteiger charge is -2.31. The Morgan fingerprint density at radius 1 is 1.14 bits per heavy atom. The number of benzene rings is 1. The Balaban J connectivity index is 1.26. The molecule has 28 heavy (non-hydrogen) atoms. The molecule has 9 heteroatoms. The van der Waals surface area contributed by atoms with E-state index in [4.69, 9.17) is 9.47 Å². The lowest BCUT2D eigenvalue weighted by Crippen LogP contribution is -2.40. The summed E-state index contributed by atoms with van der Waals surface area (Å²) >= 11 is 1.53. The topological polar surface area (TPSA) is 81.5 Å². The van der Waals surface area contributed by atoms with Gasteiger partial charge in [0.2, 0.25) is 23.0 Å². The number of ether oxygens (including phenoxy) is 2. The van der Waals surface area contributed by atoms with Gasteiger partial charge in [-0.2, -0.15) is 0 Å². The Bertz CT molecular complexity index is 987. The van der Waals surface area contributed by atoms with E-state index in [1.807, 2.05) is 41.2 Å². The normalized spacial score (nSPS) is 18.3. The summed E-state index contributed by atoms with van der Waals surface area (Å²) in [4.78, 5) is 14.9. The maximum absolute atomic E-state index is 12.8. The number of piperidine rings is 1. The first-order chi connectivity index (χ1) is 13.8. The maximum Gasteiger partial charge on any atom is 0.231 e. The van der Waals surface area contributed by atoms with Crippen molar-refractivity contribution in [2.75, 3.05) is 30.1 Å². The summed E-state index contributed by atoms with van der Waals surface area (Å²) in [6.45, 7) is 1.74. The summed E-state index contributed by atoms with van der Waals surface area (Å²) < 4.78 is 12.6. The van der Waals surface area contributed by atoms with Crippen molar-refractivity contribution < 1.29 is 14.3 Å². The van der Waals surface area contributed by atoms with E-state index in [-0.39, 0.29) is 18.6 Å². The van der Waals surface area contributed by atoms with E-state index >= 15 is 0 Å². The van der Waals surface area contributed by atoms with E-state index in [0.29, 0.717) is 18.0 Å². The van der Waals surface area contributed by atoms with E-state index in [9.17, 15) is 4.79 Å². The number of nitrogens with zero attached hydrogens (tertiary/aromatic N) is 4. The fourth-order valence-corrected chi connectivity index (χ4v) is 4.33. The second-order valence-electron chi connectivity index (χ2n) is 6.80. The van der Waals surface area contributed by atoms with Gasteiger partial charge in [-0.1, -0.05) is 11.3 Å². The molecule has 3 aromatic rings. The van der Waals surface area contributed by atoms with E-state index in [0.717, 1.165) is 35.3 Å². The monoisotopic (exact) mass is 397 g/mol. The van der Waals surface area contributed by atoms with Gasteiger partial charge < -0.3 is 19.7 Å². The molecule has 0 aliphatic carbocycles. The number of amides is 1. The van der Waals surface area contributed by atoms with Crippen LogP contribution >= 0.6 is 11.3 Å². The van der Waals surface area contributed by atoms with Gasteiger partial charge in [0.25, 0.3) is 0 Å². The highest BCUT2D eigenvalue weighted by molar-refractivity contribution is 7.17. The maximum atomic E-state index is 12.8. The Labute approximate surface area is 165 Å². The molecule has 0 bridgehead atoms. The second kappa shape index (κ2) is 7.16. The molecule has 0 unspecified atom stereocenters. The average molecular weight is 397 g/mol. The Kier molecular flexibility index (Phi) is 4.36. The first-order valence-electron chi connectivity index (χ1n) is 9.18. The van der Waals surface area contributed by atoms with Crippen molar-refractivity contribution in [3.63, 3.8) is 0 Å². The third-order valence-electron chi connectivity index (χ3n) is 4.93. The van der Waals surface area contributed by atoms with Crippen molar-refractivity contribution in [2.45, 2.75) is 12.8 Å². The van der Waals surface area contributed by atoms with Crippen LogP contribution in [0.4, 0.5) is 10.8 Å². The fraction of sp³-hybridized carbons (Fsp3) is 0.316. The van der Waals surface area contributed by atoms with Crippen LogP contribution in [0.5, 0.6) is 11.5 Å². The average Bonchev–Trinajstić information content (AvgIpc) is 3.48. The molecule has 0 saturated carbocycles. The van der Waals surface area contributed by atoms with Crippen LogP contribution in [0.25, 0.3) is 5.13 Å². The minimum absolute atomic E-state index is 0.0127. The molecule has 2 aliphatic rings. The van der Waals surface area contributed by atoms with Gasteiger partial charge in [0.1, 0.15) is 0 Å². The molecule has 4 heterocycles. The van der Waals surface area contributed by atoms with Gasteiger partial charge in [-0.25, -0.2) is 0 Å². The minimum Gasteiger partial charge on any atom is -0.454 e. The molecule has 8 nitrogen and oxygen atoms in total. The highest BCUT2D eigenvalue weighted by Gasteiger charge is 2.28. The van der Waals surface area contributed by atoms with Crippen molar-refractivity contribution in [1.82, 2.24) is 14.8 Å². The standard InChI is InChI=1S/C19H19N5O3S/c25-17(20-14-5-6-15-16(10-14)27-12-26-15)13-4-3-9-24(11-13)19-22-21-18(28-19)23-7-1-2-8-23/h1-2,5-8,10,13H,3-4,9,11-12H2,(H,20,25)/t13-/m1/s1. The molecule has 1 fully saturated rings. The highest BCUT2D eigenvalue weighted by Crippen LogP contribution is 2.34. The quantitative estimate of drug-likeness (QED) is 0.729. The Morgan fingerprint density at radius 2 is 1.96 bits per heavy atom. The van der Waals surface area contributed by atoms with Crippen molar-refractivity contribution in [3.05, 3.63) is 42.7 Å². The zero-order valence-corrected chi connectivity index (χ0v) is 15.9. The minimum atomic E-state index is -0.0990. The molecular weight excluding hydrogens is 378 g/mol. The first-order valence-corrected chi connectivity index (χ1v) is 10.0. The SMILES string of the molecule is O=C(Nc1ccc2c(c1)OCO2)[C@@H]1CCCN(c2nnc(-n3cccc3)s2)C1. The van der Waals surface area contributed by atoms with Crippen LogP contribution < -0.4 is 19.7 Å². The molecule has 144 valence electrons. The van der Waals surface area contributed by atoms with E-state index in [1.165, 1.54) is 11.3 Å².